The van der Waals surface area contributed by atoms with Crippen LogP contribution in [0.3, 0.4) is 0 Å². The first-order valence-electron chi connectivity index (χ1n) is 9.74. The van der Waals surface area contributed by atoms with Gasteiger partial charge in [0, 0.05) is 17.5 Å². The van der Waals surface area contributed by atoms with Gasteiger partial charge in [0.05, 0.1) is 12.5 Å². The fourth-order valence-corrected chi connectivity index (χ4v) is 3.56. The van der Waals surface area contributed by atoms with Crippen molar-refractivity contribution in [3.8, 4) is 11.5 Å². The molecule has 0 atom stereocenters. The van der Waals surface area contributed by atoms with Crippen molar-refractivity contribution < 1.29 is 9.47 Å². The molecule has 158 valence electrons. The Balaban J connectivity index is 1.74. The number of aromatic nitrogens is 3. The molecule has 4 rings (SSSR count). The van der Waals surface area contributed by atoms with E-state index < -0.39 is 0 Å². The fraction of sp³-hybridized carbons (Fsp3) is 0.174. The molecule has 0 radical (unpaired) electrons. The predicted octanol–water partition coefficient (Wildman–Crippen LogP) is 2.97. The molecule has 0 bridgehead atoms. The number of nitrogens with zero attached hydrogens (tertiary/aromatic N) is 2. The van der Waals surface area contributed by atoms with E-state index in [2.05, 4.69) is 15.0 Å². The van der Waals surface area contributed by atoms with E-state index >= 15 is 0 Å². The highest BCUT2D eigenvalue weighted by Crippen LogP contribution is 2.29. The number of benzene rings is 2. The summed E-state index contributed by atoms with van der Waals surface area (Å²) in [5.41, 5.74) is 14.9. The average molecular weight is 417 g/mol. The number of nitrogens with two attached hydrogens (primary N) is 2. The van der Waals surface area contributed by atoms with E-state index in [-0.39, 0.29) is 17.3 Å². The highest BCUT2D eigenvalue weighted by atomic mass is 16.5. The van der Waals surface area contributed by atoms with Crippen LogP contribution in [0.2, 0.25) is 0 Å². The van der Waals surface area contributed by atoms with Gasteiger partial charge in [0.25, 0.3) is 5.56 Å². The Kier molecular flexibility index (Phi) is 5.44. The number of nitrogens with one attached hydrogen (secondary N) is 1. The van der Waals surface area contributed by atoms with Crippen molar-refractivity contribution in [1.82, 2.24) is 15.0 Å². The number of H-pyrrole nitrogens is 1. The summed E-state index contributed by atoms with van der Waals surface area (Å²) in [5, 5.41) is 0.582. The molecule has 31 heavy (non-hydrogen) atoms. The Hall–Kier alpha value is -4.07. The molecule has 0 unspecified atom stereocenters. The first-order valence-corrected chi connectivity index (χ1v) is 9.74. The molecule has 2 aromatic carbocycles. The molecule has 0 saturated carbocycles. The molecule has 0 spiro atoms. The van der Waals surface area contributed by atoms with Gasteiger partial charge in [-0.15, -0.1) is 0 Å². The summed E-state index contributed by atoms with van der Waals surface area (Å²) in [7, 11) is 1.60. The van der Waals surface area contributed by atoms with Crippen LogP contribution in [0, 0.1) is 6.92 Å². The zero-order valence-electron chi connectivity index (χ0n) is 17.3. The molecule has 0 aliphatic carbocycles. The third-order valence-corrected chi connectivity index (χ3v) is 5.16. The number of nitrogen functional groups attached to an aromatic ring is 2. The summed E-state index contributed by atoms with van der Waals surface area (Å²) < 4.78 is 11.4. The number of fused-ring (bicyclic) bond motifs is 1. The number of pyridine rings is 1. The second-order valence-electron chi connectivity index (χ2n) is 7.17. The Labute approximate surface area is 178 Å². The Morgan fingerprint density at radius 1 is 1.06 bits per heavy atom. The smallest absolute Gasteiger partial charge is 0.253 e. The van der Waals surface area contributed by atoms with Crippen LogP contribution in [-0.2, 0) is 13.0 Å². The van der Waals surface area contributed by atoms with Crippen LogP contribution in [0.4, 0.5) is 11.8 Å². The van der Waals surface area contributed by atoms with E-state index in [1.807, 2.05) is 55.5 Å². The van der Waals surface area contributed by atoms with Gasteiger partial charge in [-0.25, -0.2) is 0 Å². The quantitative estimate of drug-likeness (QED) is 0.440. The van der Waals surface area contributed by atoms with Gasteiger partial charge < -0.3 is 25.9 Å². The van der Waals surface area contributed by atoms with Crippen molar-refractivity contribution in [2.24, 2.45) is 0 Å². The van der Waals surface area contributed by atoms with Crippen LogP contribution in [0.25, 0.3) is 11.0 Å². The minimum atomic E-state index is -0.265. The van der Waals surface area contributed by atoms with Crippen LogP contribution >= 0.6 is 0 Å². The zero-order valence-corrected chi connectivity index (χ0v) is 17.3. The van der Waals surface area contributed by atoms with E-state index in [0.29, 0.717) is 46.7 Å². The van der Waals surface area contributed by atoms with Gasteiger partial charge in [0.15, 0.2) is 0 Å². The molecule has 2 aromatic heterocycles. The summed E-state index contributed by atoms with van der Waals surface area (Å²) in [4.78, 5) is 23.8. The zero-order chi connectivity index (χ0) is 22.0. The van der Waals surface area contributed by atoms with Crippen molar-refractivity contribution >= 4 is 22.8 Å². The SMILES string of the molecule is COc1ccc(OCc2ccccc2)c(Cc2c(C)c3c(N)nc(N)nc3[nH]c2=O)c1. The van der Waals surface area contributed by atoms with Gasteiger partial charge in [-0.2, -0.15) is 9.97 Å². The first-order chi connectivity index (χ1) is 15.0. The lowest BCUT2D eigenvalue weighted by molar-refractivity contribution is 0.302. The number of hydrogen-bond acceptors (Lipinski definition) is 7. The maximum absolute atomic E-state index is 12.9. The Morgan fingerprint density at radius 3 is 2.58 bits per heavy atom. The standard InChI is InChI=1S/C23H23N5O3/c1-13-17(22(29)27-21-19(13)20(24)26-23(25)28-21)11-15-10-16(30-2)8-9-18(15)31-12-14-6-4-3-5-7-14/h3-10H,11-12H2,1-2H3,(H5,24,25,26,27,28,29). The number of hydrogen-bond donors (Lipinski definition) is 3. The van der Waals surface area contributed by atoms with Gasteiger partial charge >= 0.3 is 0 Å². The van der Waals surface area contributed by atoms with Crippen molar-refractivity contribution in [3.63, 3.8) is 0 Å². The molecular formula is C23H23N5O3. The van der Waals surface area contributed by atoms with E-state index in [4.69, 9.17) is 20.9 Å². The lowest BCUT2D eigenvalue weighted by Crippen LogP contribution is -2.18. The average Bonchev–Trinajstić information content (AvgIpc) is 2.75. The molecule has 0 aliphatic heterocycles. The molecule has 8 heteroatoms. The van der Waals surface area contributed by atoms with Crippen LogP contribution in [0.5, 0.6) is 11.5 Å². The van der Waals surface area contributed by atoms with Crippen LogP contribution in [0.15, 0.2) is 53.3 Å². The number of rotatable bonds is 6. The van der Waals surface area contributed by atoms with Crippen LogP contribution in [0.1, 0.15) is 22.3 Å². The van der Waals surface area contributed by atoms with Crippen molar-refractivity contribution in [2.75, 3.05) is 18.6 Å². The Bertz CT molecular complexity index is 1300. The number of methoxy groups -OCH3 is 1. The lowest BCUT2D eigenvalue weighted by Gasteiger charge is -2.15. The van der Waals surface area contributed by atoms with E-state index in [9.17, 15) is 4.79 Å². The number of anilines is 2. The van der Waals surface area contributed by atoms with Gasteiger partial charge in [-0.3, -0.25) is 4.79 Å². The topological polar surface area (TPSA) is 129 Å². The fourth-order valence-electron chi connectivity index (χ4n) is 3.56. The van der Waals surface area contributed by atoms with E-state index in [0.717, 1.165) is 11.1 Å². The third-order valence-electron chi connectivity index (χ3n) is 5.16. The first kappa shape index (κ1) is 20.2. The highest BCUT2D eigenvalue weighted by molar-refractivity contribution is 5.90. The highest BCUT2D eigenvalue weighted by Gasteiger charge is 2.17. The Morgan fingerprint density at radius 2 is 1.84 bits per heavy atom. The van der Waals surface area contributed by atoms with Crippen molar-refractivity contribution in [1.29, 1.82) is 0 Å². The third kappa shape index (κ3) is 4.13. The van der Waals surface area contributed by atoms with Crippen molar-refractivity contribution in [3.05, 3.63) is 81.1 Å². The minimum Gasteiger partial charge on any atom is -0.497 e. The normalized spacial score (nSPS) is 10.9. The molecular weight excluding hydrogens is 394 g/mol. The summed E-state index contributed by atoms with van der Waals surface area (Å²) in [6, 6.07) is 15.4. The molecule has 0 amide bonds. The van der Waals surface area contributed by atoms with Gasteiger partial charge in [-0.1, -0.05) is 30.3 Å². The lowest BCUT2D eigenvalue weighted by atomic mass is 9.99. The predicted molar refractivity (Wildman–Crippen MR) is 120 cm³/mol. The van der Waals surface area contributed by atoms with Gasteiger partial charge in [-0.05, 0) is 36.2 Å². The van der Waals surface area contributed by atoms with E-state index in [1.165, 1.54) is 0 Å². The van der Waals surface area contributed by atoms with Gasteiger partial charge in [0.1, 0.15) is 29.6 Å². The number of aryl methyl sites for hydroxylation is 1. The second kappa shape index (κ2) is 8.35. The summed E-state index contributed by atoms with van der Waals surface area (Å²) >= 11 is 0. The second-order valence-corrected chi connectivity index (χ2v) is 7.17. The monoisotopic (exact) mass is 417 g/mol. The molecule has 8 nitrogen and oxygen atoms in total. The van der Waals surface area contributed by atoms with Crippen molar-refractivity contribution in [2.45, 2.75) is 20.0 Å². The number of ether oxygens (including phenoxy) is 2. The van der Waals surface area contributed by atoms with Crippen LogP contribution in [-0.4, -0.2) is 22.1 Å². The molecule has 4 aromatic rings. The van der Waals surface area contributed by atoms with E-state index in [1.54, 1.807) is 7.11 Å². The maximum atomic E-state index is 12.9. The molecule has 5 N–H and O–H groups in total. The molecule has 2 heterocycles. The summed E-state index contributed by atoms with van der Waals surface area (Å²) in [5.74, 6) is 1.58. The minimum absolute atomic E-state index is 0.0113. The molecule has 0 aliphatic rings. The largest absolute Gasteiger partial charge is 0.497 e. The molecule has 0 fully saturated rings. The summed E-state index contributed by atoms with van der Waals surface area (Å²) in [6.07, 6.45) is 0.322. The summed E-state index contributed by atoms with van der Waals surface area (Å²) in [6.45, 7) is 2.24. The molecule has 0 saturated heterocycles. The number of aromatic amines is 1. The van der Waals surface area contributed by atoms with Crippen LogP contribution < -0.4 is 26.5 Å². The van der Waals surface area contributed by atoms with Gasteiger partial charge in [0.2, 0.25) is 5.95 Å². The maximum Gasteiger partial charge on any atom is 0.253 e.